The lowest BCUT2D eigenvalue weighted by molar-refractivity contribution is 0.553. The number of oxazole rings is 1. The predicted molar refractivity (Wildman–Crippen MR) is 87.5 cm³/mol. The number of thiophene rings is 1. The van der Waals surface area contributed by atoms with Crippen molar-refractivity contribution in [3.05, 3.63) is 59.2 Å². The molecule has 21 heavy (non-hydrogen) atoms. The van der Waals surface area contributed by atoms with E-state index in [1.165, 1.54) is 11.3 Å². The van der Waals surface area contributed by atoms with Crippen LogP contribution in [0.25, 0.3) is 11.3 Å². The highest BCUT2D eigenvalue weighted by Crippen LogP contribution is 2.31. The average molecular weight is 298 g/mol. The van der Waals surface area contributed by atoms with Crippen LogP contribution in [0.4, 0.5) is 5.69 Å². The van der Waals surface area contributed by atoms with Gasteiger partial charge in [-0.3, -0.25) is 0 Å². The van der Waals surface area contributed by atoms with Gasteiger partial charge < -0.3 is 9.73 Å². The van der Waals surface area contributed by atoms with Crippen molar-refractivity contribution in [2.24, 2.45) is 5.92 Å². The van der Waals surface area contributed by atoms with Gasteiger partial charge >= 0.3 is 0 Å². The normalized spacial score (nSPS) is 12.5. The summed E-state index contributed by atoms with van der Waals surface area (Å²) >= 11 is 1.79. The first-order chi connectivity index (χ1) is 10.2. The van der Waals surface area contributed by atoms with Crippen molar-refractivity contribution < 1.29 is 4.42 Å². The van der Waals surface area contributed by atoms with Crippen LogP contribution in [0.15, 0.2) is 58.8 Å². The zero-order valence-electron chi connectivity index (χ0n) is 12.1. The third kappa shape index (κ3) is 3.16. The average Bonchev–Trinajstić information content (AvgIpc) is 3.18. The minimum absolute atomic E-state index is 0.315. The molecule has 0 aliphatic heterocycles. The van der Waals surface area contributed by atoms with E-state index in [-0.39, 0.29) is 0 Å². The number of nitrogens with one attached hydrogen (secondary N) is 1. The van der Waals surface area contributed by atoms with Crippen LogP contribution in [0, 0.1) is 5.92 Å². The maximum atomic E-state index is 5.36. The molecule has 1 unspecified atom stereocenters. The van der Waals surface area contributed by atoms with E-state index in [0.717, 1.165) is 17.0 Å². The van der Waals surface area contributed by atoms with Gasteiger partial charge in [0, 0.05) is 16.1 Å². The van der Waals surface area contributed by atoms with Crippen LogP contribution in [0.2, 0.25) is 0 Å². The first kappa shape index (κ1) is 13.9. The van der Waals surface area contributed by atoms with E-state index >= 15 is 0 Å². The molecule has 3 aromatic rings. The Morgan fingerprint density at radius 3 is 2.76 bits per heavy atom. The number of anilines is 1. The molecular formula is C17H18N2OS. The maximum Gasteiger partial charge on any atom is 0.181 e. The van der Waals surface area contributed by atoms with Crippen molar-refractivity contribution in [1.82, 2.24) is 4.98 Å². The largest absolute Gasteiger partial charge is 0.444 e. The molecule has 2 aromatic heterocycles. The van der Waals surface area contributed by atoms with Gasteiger partial charge in [-0.2, -0.15) is 0 Å². The smallest absolute Gasteiger partial charge is 0.181 e. The van der Waals surface area contributed by atoms with E-state index < -0.39 is 0 Å². The second kappa shape index (κ2) is 6.14. The topological polar surface area (TPSA) is 38.1 Å². The molecule has 1 N–H and O–H groups in total. The molecule has 4 heteroatoms. The van der Waals surface area contributed by atoms with Gasteiger partial charge in [0.2, 0.25) is 0 Å². The number of benzene rings is 1. The van der Waals surface area contributed by atoms with Gasteiger partial charge in [0.05, 0.1) is 12.2 Å². The predicted octanol–water partition coefficient (Wildman–Crippen LogP) is 5.21. The molecule has 0 aliphatic carbocycles. The van der Waals surface area contributed by atoms with E-state index in [4.69, 9.17) is 4.42 Å². The van der Waals surface area contributed by atoms with Crippen molar-refractivity contribution in [2.45, 2.75) is 19.9 Å². The molecule has 1 atom stereocenters. The Hall–Kier alpha value is -2.07. The summed E-state index contributed by atoms with van der Waals surface area (Å²) in [6.45, 7) is 4.47. The molecular weight excluding hydrogens is 280 g/mol. The second-order valence-corrected chi connectivity index (χ2v) is 6.31. The van der Waals surface area contributed by atoms with Crippen molar-refractivity contribution in [2.75, 3.05) is 5.32 Å². The monoisotopic (exact) mass is 298 g/mol. The Morgan fingerprint density at radius 2 is 2.10 bits per heavy atom. The van der Waals surface area contributed by atoms with Gasteiger partial charge in [-0.25, -0.2) is 4.98 Å². The summed E-state index contributed by atoms with van der Waals surface area (Å²) in [5, 5.41) is 5.75. The van der Waals surface area contributed by atoms with Gasteiger partial charge in [-0.15, -0.1) is 11.3 Å². The molecule has 0 amide bonds. The molecule has 0 spiro atoms. The zero-order valence-corrected chi connectivity index (χ0v) is 12.9. The minimum Gasteiger partial charge on any atom is -0.444 e. The van der Waals surface area contributed by atoms with Crippen molar-refractivity contribution in [3.8, 4) is 11.3 Å². The highest BCUT2D eigenvalue weighted by Gasteiger charge is 2.16. The Morgan fingerprint density at radius 1 is 1.19 bits per heavy atom. The van der Waals surface area contributed by atoms with Crippen LogP contribution in [0.1, 0.15) is 24.8 Å². The Labute approximate surface area is 128 Å². The lowest BCUT2D eigenvalue weighted by Crippen LogP contribution is -2.15. The summed E-state index contributed by atoms with van der Waals surface area (Å²) in [4.78, 5) is 5.33. The molecule has 0 saturated carbocycles. The zero-order chi connectivity index (χ0) is 14.7. The van der Waals surface area contributed by atoms with Crippen LogP contribution >= 0.6 is 11.3 Å². The van der Waals surface area contributed by atoms with Gasteiger partial charge in [0.1, 0.15) is 0 Å². The van der Waals surface area contributed by atoms with Gasteiger partial charge in [0.25, 0.3) is 0 Å². The summed E-state index contributed by atoms with van der Waals surface area (Å²) in [6, 6.07) is 12.8. The van der Waals surface area contributed by atoms with E-state index in [0.29, 0.717) is 12.0 Å². The Balaban J connectivity index is 1.85. The first-order valence-corrected chi connectivity index (χ1v) is 7.91. The fourth-order valence-electron chi connectivity index (χ4n) is 2.33. The molecule has 108 valence electrons. The number of aromatic nitrogens is 1. The third-order valence-electron chi connectivity index (χ3n) is 3.42. The number of rotatable bonds is 5. The minimum atomic E-state index is 0.315. The first-order valence-electron chi connectivity index (χ1n) is 7.03. The fourth-order valence-corrected chi connectivity index (χ4v) is 3.28. The maximum absolute atomic E-state index is 5.36. The molecule has 0 saturated heterocycles. The second-order valence-electron chi connectivity index (χ2n) is 5.33. The van der Waals surface area contributed by atoms with Crippen molar-refractivity contribution in [1.29, 1.82) is 0 Å². The quantitative estimate of drug-likeness (QED) is 0.702. The van der Waals surface area contributed by atoms with Crippen LogP contribution < -0.4 is 5.32 Å². The van der Waals surface area contributed by atoms with Crippen molar-refractivity contribution >= 4 is 17.0 Å². The summed E-state index contributed by atoms with van der Waals surface area (Å²) in [5.41, 5.74) is 2.13. The molecule has 1 aromatic carbocycles. The number of hydrogen-bond acceptors (Lipinski definition) is 4. The molecule has 0 aliphatic rings. The lowest BCUT2D eigenvalue weighted by atomic mass is 10.0. The molecule has 0 bridgehead atoms. The molecule has 2 heterocycles. The highest BCUT2D eigenvalue weighted by atomic mass is 32.1. The number of nitrogens with zero attached hydrogens (tertiary/aromatic N) is 1. The summed E-state index contributed by atoms with van der Waals surface area (Å²) in [7, 11) is 0. The van der Waals surface area contributed by atoms with Gasteiger partial charge in [-0.1, -0.05) is 32.0 Å². The molecule has 3 nitrogen and oxygen atoms in total. The molecule has 0 radical (unpaired) electrons. The molecule has 0 fully saturated rings. The fraction of sp³-hybridized carbons (Fsp3) is 0.235. The SMILES string of the molecule is CC(C)C(Nc1cccc(-c2cnco2)c1)c1cccs1. The summed E-state index contributed by atoms with van der Waals surface area (Å²) in [5.74, 6) is 1.30. The summed E-state index contributed by atoms with van der Waals surface area (Å²) in [6.07, 6.45) is 3.19. The van der Waals surface area contributed by atoms with E-state index in [1.54, 1.807) is 17.5 Å². The highest BCUT2D eigenvalue weighted by molar-refractivity contribution is 7.10. The molecule has 3 rings (SSSR count). The van der Waals surface area contributed by atoms with E-state index in [2.05, 4.69) is 53.8 Å². The van der Waals surface area contributed by atoms with E-state index in [9.17, 15) is 0 Å². The van der Waals surface area contributed by atoms with Crippen LogP contribution in [-0.4, -0.2) is 4.98 Å². The Kier molecular flexibility index (Phi) is 4.06. The Bertz CT molecular complexity index is 675. The van der Waals surface area contributed by atoms with Crippen LogP contribution in [0.3, 0.4) is 0 Å². The standard InChI is InChI=1S/C17H18N2OS/c1-12(2)17(16-7-4-8-21-16)19-14-6-3-5-13(9-14)15-10-18-11-20-15/h3-12,17,19H,1-2H3. The van der Waals surface area contributed by atoms with Crippen molar-refractivity contribution in [3.63, 3.8) is 0 Å². The van der Waals surface area contributed by atoms with Crippen LogP contribution in [0.5, 0.6) is 0 Å². The number of hydrogen-bond donors (Lipinski definition) is 1. The van der Waals surface area contributed by atoms with E-state index in [1.807, 2.05) is 12.1 Å². The van der Waals surface area contributed by atoms with Gasteiger partial charge in [0.15, 0.2) is 12.2 Å². The lowest BCUT2D eigenvalue weighted by Gasteiger charge is -2.22. The summed E-state index contributed by atoms with van der Waals surface area (Å²) < 4.78 is 5.36. The van der Waals surface area contributed by atoms with Crippen LogP contribution in [-0.2, 0) is 0 Å². The third-order valence-corrected chi connectivity index (χ3v) is 4.37. The van der Waals surface area contributed by atoms with Gasteiger partial charge in [-0.05, 0) is 29.5 Å².